The maximum absolute atomic E-state index is 12.9. The first-order chi connectivity index (χ1) is 15.9. The molecule has 9 heteroatoms. The Morgan fingerprint density at radius 2 is 1.97 bits per heavy atom. The quantitative estimate of drug-likeness (QED) is 0.329. The number of hydrogen-bond acceptors (Lipinski definition) is 8. The number of phenolic OH excluding ortho intramolecular Hbond substituents is 1. The van der Waals surface area contributed by atoms with Crippen LogP contribution in [0.4, 0.5) is 0 Å². The smallest absolute Gasteiger partial charge is 0.351 e. The summed E-state index contributed by atoms with van der Waals surface area (Å²) in [4.78, 5) is 25.9. The van der Waals surface area contributed by atoms with E-state index in [9.17, 15) is 19.8 Å². The zero-order valence-electron chi connectivity index (χ0n) is 17.3. The topological polar surface area (TPSA) is 102 Å². The highest BCUT2D eigenvalue weighted by Gasteiger charge is 2.41. The van der Waals surface area contributed by atoms with Crippen molar-refractivity contribution in [3.8, 4) is 17.4 Å². The second kappa shape index (κ2) is 7.43. The number of aromatic nitrogens is 1. The maximum atomic E-state index is 12.9. The van der Waals surface area contributed by atoms with Crippen LogP contribution in [0.5, 0.6) is 17.4 Å². The lowest BCUT2D eigenvalue weighted by Crippen LogP contribution is -2.29. The van der Waals surface area contributed by atoms with Crippen molar-refractivity contribution in [2.45, 2.75) is 31.7 Å². The number of hydrogen-bond donors (Lipinski definition) is 2. The molecule has 168 valence electrons. The first kappa shape index (κ1) is 20.4. The molecule has 6 rings (SSSR count). The van der Waals surface area contributed by atoms with E-state index >= 15 is 0 Å². The number of ether oxygens (including phenoxy) is 1. The summed E-state index contributed by atoms with van der Waals surface area (Å²) in [6.45, 7) is 0. The van der Waals surface area contributed by atoms with E-state index in [2.05, 4.69) is 0 Å². The minimum atomic E-state index is -0.819. The summed E-state index contributed by atoms with van der Waals surface area (Å²) in [6.07, 6.45) is 6.34. The fourth-order valence-electron chi connectivity index (χ4n) is 5.38. The molecule has 0 radical (unpaired) electrons. The average molecular weight is 482 g/mol. The predicted octanol–water partition coefficient (Wildman–Crippen LogP) is 3.43. The highest BCUT2D eigenvalue weighted by atomic mass is 32.1. The Bertz CT molecular complexity index is 1510. The molecule has 2 aromatic heterocycles. The number of ketones is 1. The van der Waals surface area contributed by atoms with Crippen LogP contribution in [0.2, 0.25) is 0 Å². The highest BCUT2D eigenvalue weighted by Crippen LogP contribution is 2.52. The number of fused-ring (bicyclic) bond motifs is 3. The van der Waals surface area contributed by atoms with Gasteiger partial charge in [-0.25, -0.2) is 4.79 Å². The molecular weight excluding hydrogens is 462 g/mol. The monoisotopic (exact) mass is 481 g/mol. The van der Waals surface area contributed by atoms with E-state index in [1.807, 2.05) is 4.57 Å². The second-order valence-corrected chi connectivity index (χ2v) is 10.5. The van der Waals surface area contributed by atoms with Gasteiger partial charge in [0.1, 0.15) is 22.3 Å². The average Bonchev–Trinajstić information content (AvgIpc) is 3.55. The van der Waals surface area contributed by atoms with Crippen LogP contribution in [0.1, 0.15) is 47.0 Å². The van der Waals surface area contributed by atoms with Crippen LogP contribution in [-0.4, -0.2) is 26.5 Å². The third-order valence-electron chi connectivity index (χ3n) is 6.86. The normalized spacial score (nSPS) is 26.1. The number of rotatable bonds is 2. The van der Waals surface area contributed by atoms with E-state index in [-0.39, 0.29) is 40.0 Å². The van der Waals surface area contributed by atoms with Crippen LogP contribution >= 0.6 is 23.6 Å². The van der Waals surface area contributed by atoms with Gasteiger partial charge in [0.15, 0.2) is 9.53 Å². The number of phenols is 1. The SMILES string of the molecule is O=C1Oc2ccc(O)cc2C(=O)C1=c1ccc(=Cc2sc(=S)n(C3CC4CCC3C4)c2O)o1. The van der Waals surface area contributed by atoms with Gasteiger partial charge in [-0.15, -0.1) is 11.3 Å². The van der Waals surface area contributed by atoms with Crippen molar-refractivity contribution < 1.29 is 29.0 Å². The molecule has 3 atom stereocenters. The van der Waals surface area contributed by atoms with Gasteiger partial charge in [-0.3, -0.25) is 9.36 Å². The standard InChI is InChI=1S/C24H19NO6S2/c26-13-3-5-17-15(9-13)21(27)20(23(29)31-17)18-6-4-14(30-18)10-19-22(28)25(24(32)33-19)16-8-11-1-2-12(16)7-11/h3-6,9-12,16,26,28H,1-2,7-8H2. The van der Waals surface area contributed by atoms with Gasteiger partial charge in [0.2, 0.25) is 11.7 Å². The van der Waals surface area contributed by atoms with Gasteiger partial charge < -0.3 is 19.4 Å². The molecule has 33 heavy (non-hydrogen) atoms. The van der Waals surface area contributed by atoms with E-state index in [0.717, 1.165) is 12.3 Å². The predicted molar refractivity (Wildman–Crippen MR) is 122 cm³/mol. The van der Waals surface area contributed by atoms with Gasteiger partial charge in [-0.2, -0.15) is 0 Å². The van der Waals surface area contributed by atoms with Crippen molar-refractivity contribution in [3.05, 3.63) is 55.6 Å². The number of carbonyl (C=O) groups is 2. The first-order valence-corrected chi connectivity index (χ1v) is 12.0. The van der Waals surface area contributed by atoms with Crippen LogP contribution in [0, 0.1) is 15.8 Å². The minimum absolute atomic E-state index is 0.0564. The van der Waals surface area contributed by atoms with Gasteiger partial charge in [-0.1, -0.05) is 6.42 Å². The molecule has 2 saturated carbocycles. The molecule has 2 N–H and O–H groups in total. The van der Waals surface area contributed by atoms with E-state index in [1.165, 1.54) is 54.9 Å². The zero-order chi connectivity index (χ0) is 22.9. The van der Waals surface area contributed by atoms with Gasteiger partial charge in [0.05, 0.1) is 10.4 Å². The van der Waals surface area contributed by atoms with Crippen molar-refractivity contribution >= 4 is 47.0 Å². The van der Waals surface area contributed by atoms with Gasteiger partial charge >= 0.3 is 5.97 Å². The minimum Gasteiger partial charge on any atom is -0.508 e. The molecule has 3 aliphatic rings. The fourth-order valence-corrected chi connectivity index (χ4v) is 6.74. The summed E-state index contributed by atoms with van der Waals surface area (Å²) < 4.78 is 13.5. The summed E-state index contributed by atoms with van der Waals surface area (Å²) >= 11 is 6.86. The van der Waals surface area contributed by atoms with E-state index < -0.39 is 11.8 Å². The molecule has 3 heterocycles. The Labute approximate surface area is 196 Å². The lowest BCUT2D eigenvalue weighted by molar-refractivity contribution is -0.128. The van der Waals surface area contributed by atoms with Crippen LogP contribution in [-0.2, 0) is 4.79 Å². The molecule has 0 saturated heterocycles. The largest absolute Gasteiger partial charge is 0.508 e. The molecule has 0 amide bonds. The number of carbonyl (C=O) groups excluding carboxylic acids is 2. The number of aromatic hydroxyl groups is 2. The molecule has 0 spiro atoms. The second-order valence-electron chi connectivity index (χ2n) is 8.79. The third-order valence-corrected chi connectivity index (χ3v) is 8.20. The summed E-state index contributed by atoms with van der Waals surface area (Å²) in [7, 11) is 0. The summed E-state index contributed by atoms with van der Waals surface area (Å²) in [5.41, 5.74) is 0.265. The molecular formula is C24H19NO6S2. The Morgan fingerprint density at radius 3 is 2.73 bits per heavy atom. The maximum Gasteiger partial charge on any atom is 0.351 e. The molecule has 2 bridgehead atoms. The Hall–Kier alpha value is -3.17. The zero-order valence-corrected chi connectivity index (χ0v) is 18.9. The molecule has 7 nitrogen and oxygen atoms in total. The number of Topliss-reactive ketones (excluding diaryl/α,β-unsaturated/α-hetero) is 1. The third kappa shape index (κ3) is 3.26. The number of thiazole rings is 1. The summed E-state index contributed by atoms with van der Waals surface area (Å²) in [5, 5.41) is 20.6. The first-order valence-electron chi connectivity index (χ1n) is 10.7. The Kier molecular flexibility index (Phi) is 4.60. The highest BCUT2D eigenvalue weighted by molar-refractivity contribution is 7.73. The molecule has 2 aliphatic carbocycles. The molecule has 2 fully saturated rings. The van der Waals surface area contributed by atoms with Crippen LogP contribution in [0.25, 0.3) is 11.6 Å². The molecule has 3 unspecified atom stereocenters. The van der Waals surface area contributed by atoms with Gasteiger partial charge in [0.25, 0.3) is 0 Å². The van der Waals surface area contributed by atoms with Crippen molar-refractivity contribution in [1.82, 2.24) is 4.57 Å². The summed E-state index contributed by atoms with van der Waals surface area (Å²) in [5.74, 6) is -0.00348. The number of furan rings is 1. The van der Waals surface area contributed by atoms with E-state index in [0.29, 0.717) is 20.2 Å². The number of esters is 1. The number of benzene rings is 1. The lowest BCUT2D eigenvalue weighted by atomic mass is 9.95. The van der Waals surface area contributed by atoms with Crippen molar-refractivity contribution in [2.75, 3.05) is 0 Å². The van der Waals surface area contributed by atoms with E-state index in [1.54, 1.807) is 12.1 Å². The van der Waals surface area contributed by atoms with Crippen LogP contribution in [0.15, 0.2) is 34.7 Å². The van der Waals surface area contributed by atoms with Crippen molar-refractivity contribution in [1.29, 1.82) is 0 Å². The van der Waals surface area contributed by atoms with Crippen molar-refractivity contribution in [2.24, 2.45) is 11.8 Å². The number of nitrogens with zero attached hydrogens (tertiary/aromatic N) is 1. The van der Waals surface area contributed by atoms with Crippen LogP contribution in [0.3, 0.4) is 0 Å². The Morgan fingerprint density at radius 1 is 1.12 bits per heavy atom. The van der Waals surface area contributed by atoms with Crippen LogP contribution < -0.4 is 15.6 Å². The lowest BCUT2D eigenvalue weighted by Gasteiger charge is -2.23. The van der Waals surface area contributed by atoms with E-state index in [4.69, 9.17) is 21.4 Å². The van der Waals surface area contributed by atoms with Gasteiger partial charge in [0, 0.05) is 12.1 Å². The molecule has 1 aliphatic heterocycles. The van der Waals surface area contributed by atoms with Crippen molar-refractivity contribution in [3.63, 3.8) is 0 Å². The molecule has 3 aromatic rings. The Balaban J connectivity index is 1.40. The fraction of sp³-hybridized carbons (Fsp3) is 0.292. The summed E-state index contributed by atoms with van der Waals surface area (Å²) in [6, 6.07) is 7.33. The molecule has 1 aromatic carbocycles. The van der Waals surface area contributed by atoms with Gasteiger partial charge in [-0.05, 0) is 73.6 Å².